The molecule has 0 unspecified atom stereocenters. The first-order valence-electron chi connectivity index (χ1n) is 23.2. The van der Waals surface area contributed by atoms with Crippen LogP contribution in [0.5, 0.6) is 17.2 Å². The Balaban J connectivity index is 0.805. The fourth-order valence-corrected chi connectivity index (χ4v) is 10.5. The molecule has 5 heterocycles. The molecule has 2 amide bonds. The molecule has 5 aromatic rings. The second-order valence-corrected chi connectivity index (χ2v) is 19.8. The number of amides is 2. The number of para-hydroxylation sites is 1. The van der Waals surface area contributed by atoms with Gasteiger partial charge in [-0.1, -0.05) is 71.7 Å². The lowest BCUT2D eigenvalue weighted by Gasteiger charge is -2.44. The van der Waals surface area contributed by atoms with E-state index in [1.807, 2.05) is 66.7 Å². The number of hydrogen-bond donors (Lipinski definition) is 0. The maximum absolute atomic E-state index is 13.9. The van der Waals surface area contributed by atoms with E-state index in [4.69, 9.17) is 46.9 Å². The predicted molar refractivity (Wildman–Crippen MR) is 260 cm³/mol. The second-order valence-electron chi connectivity index (χ2n) is 17.8. The molecular weight excluding hydrogens is 950 g/mol. The first kappa shape index (κ1) is 48.4. The molecule has 4 aromatic carbocycles. The highest BCUT2D eigenvalue weighted by Crippen LogP contribution is 2.38. The number of aromatic nitrogens is 1. The first-order chi connectivity index (χ1) is 33.5. The molecule has 1 aliphatic carbocycles. The van der Waals surface area contributed by atoms with Gasteiger partial charge >= 0.3 is 18.7 Å². The number of ether oxygens (including phenoxy) is 5. The molecule has 0 spiro atoms. The van der Waals surface area contributed by atoms with E-state index in [-0.39, 0.29) is 49.2 Å². The first-order valence-corrected chi connectivity index (χ1v) is 25.0. The third-order valence-corrected chi connectivity index (χ3v) is 14.8. The van der Waals surface area contributed by atoms with E-state index in [9.17, 15) is 23.2 Å². The summed E-state index contributed by atoms with van der Waals surface area (Å²) < 4.78 is 55.6. The van der Waals surface area contributed by atoms with Gasteiger partial charge in [0, 0.05) is 48.4 Å². The smallest absolute Gasteiger partial charge is 0.414 e. The lowest BCUT2D eigenvalue weighted by atomic mass is 9.86. The fourth-order valence-electron chi connectivity index (χ4n) is 8.91. The van der Waals surface area contributed by atoms with Crippen molar-refractivity contribution in [1.29, 1.82) is 0 Å². The molecule has 4 saturated heterocycles. The van der Waals surface area contributed by atoms with Crippen molar-refractivity contribution in [3.8, 4) is 17.2 Å². The maximum atomic E-state index is 13.9. The van der Waals surface area contributed by atoms with Crippen molar-refractivity contribution in [1.82, 2.24) is 14.8 Å². The van der Waals surface area contributed by atoms with Crippen molar-refractivity contribution in [3.63, 3.8) is 0 Å². The quantitative estimate of drug-likeness (QED) is 0.0736. The van der Waals surface area contributed by atoms with E-state index in [1.165, 1.54) is 35.1 Å². The van der Waals surface area contributed by atoms with Crippen LogP contribution in [0.3, 0.4) is 0 Å². The van der Waals surface area contributed by atoms with E-state index >= 15 is 0 Å². The van der Waals surface area contributed by atoms with Crippen molar-refractivity contribution in [2.24, 2.45) is 11.8 Å². The summed E-state index contributed by atoms with van der Waals surface area (Å²) in [5.41, 5.74) is 4.11. The Morgan fingerprint density at radius 1 is 0.826 bits per heavy atom. The number of piperidine rings is 3. The standard InChI is InChI=1S/C52H52Cl2F2N4O8S/c53-43-26-57-27-44(54)42(43)24-39(38-14-17-45(67-51(55)56)46(25-38)65-31-34-6-7-34)32-66-50(62)49-59(22-23-69-49)48(61)37-12-8-35(9-13-37)30-64-41-15-10-33(11-16-41)28-60(40-4-2-1-3-5-40)52(63)68-47-29-58-20-18-36(47)19-21-58/h1-5,8-17,25-27,34,36,39,47,49,51H,6-7,18-24,28-32H2/t39-,47+,49+/m1/s1. The van der Waals surface area contributed by atoms with Gasteiger partial charge in [-0.05, 0) is 128 Å². The van der Waals surface area contributed by atoms with Gasteiger partial charge in [-0.15, -0.1) is 11.8 Å². The van der Waals surface area contributed by atoms with Gasteiger partial charge < -0.3 is 28.6 Å². The zero-order valence-electron chi connectivity index (χ0n) is 37.7. The Hall–Kier alpha value is -5.61. The number of pyridine rings is 1. The molecule has 3 atom stereocenters. The number of fused-ring (bicyclic) bond motifs is 3. The number of esters is 1. The normalized spacial score (nSPS) is 20.0. The van der Waals surface area contributed by atoms with Crippen LogP contribution in [0.1, 0.15) is 64.2 Å². The van der Waals surface area contributed by atoms with Gasteiger partial charge in [0.15, 0.2) is 16.9 Å². The summed E-state index contributed by atoms with van der Waals surface area (Å²) >= 11 is 14.4. The molecule has 362 valence electrons. The topological polar surface area (TPSA) is 120 Å². The number of carbonyl (C=O) groups is 3. The van der Waals surface area contributed by atoms with E-state index in [0.29, 0.717) is 69.8 Å². The van der Waals surface area contributed by atoms with Crippen molar-refractivity contribution in [2.45, 2.75) is 69.3 Å². The summed E-state index contributed by atoms with van der Waals surface area (Å²) in [4.78, 5) is 50.9. The monoisotopic (exact) mass is 1000 g/mol. The van der Waals surface area contributed by atoms with Gasteiger partial charge in [-0.3, -0.25) is 19.6 Å². The van der Waals surface area contributed by atoms with Gasteiger partial charge in [0.1, 0.15) is 18.5 Å². The molecule has 10 rings (SSSR count). The van der Waals surface area contributed by atoms with Gasteiger partial charge in [0.2, 0.25) is 0 Å². The Bertz CT molecular complexity index is 2550. The number of halogens is 4. The highest BCUT2D eigenvalue weighted by Gasteiger charge is 2.39. The zero-order chi connectivity index (χ0) is 47.9. The highest BCUT2D eigenvalue weighted by atomic mass is 35.5. The van der Waals surface area contributed by atoms with Crippen LogP contribution in [0.25, 0.3) is 0 Å². The molecule has 5 fully saturated rings. The molecule has 1 saturated carbocycles. The van der Waals surface area contributed by atoms with E-state index in [1.54, 1.807) is 29.2 Å². The van der Waals surface area contributed by atoms with Crippen molar-refractivity contribution < 1.29 is 46.8 Å². The van der Waals surface area contributed by atoms with Gasteiger partial charge in [0.05, 0.1) is 29.8 Å². The third-order valence-electron chi connectivity index (χ3n) is 13.0. The van der Waals surface area contributed by atoms with Crippen LogP contribution >= 0.6 is 35.0 Å². The summed E-state index contributed by atoms with van der Waals surface area (Å²) in [5.74, 6) is 0.518. The second kappa shape index (κ2) is 22.4. The molecule has 17 heteroatoms. The molecule has 1 aromatic heterocycles. The van der Waals surface area contributed by atoms with Crippen LogP contribution in [-0.2, 0) is 33.8 Å². The Morgan fingerprint density at radius 3 is 2.23 bits per heavy atom. The largest absolute Gasteiger partial charge is 0.489 e. The summed E-state index contributed by atoms with van der Waals surface area (Å²) in [7, 11) is 0. The summed E-state index contributed by atoms with van der Waals surface area (Å²) in [6.45, 7) is 1.01. The highest BCUT2D eigenvalue weighted by molar-refractivity contribution is 8.00. The molecule has 0 N–H and O–H groups in total. The molecule has 4 aliphatic heterocycles. The van der Waals surface area contributed by atoms with Crippen molar-refractivity contribution >= 4 is 58.6 Å². The predicted octanol–water partition coefficient (Wildman–Crippen LogP) is 10.7. The number of carbonyl (C=O) groups excluding carboxylic acids is 3. The number of thioether (sulfide) groups is 1. The summed E-state index contributed by atoms with van der Waals surface area (Å²) in [5, 5.41) is -0.260. The Labute approximate surface area is 414 Å². The van der Waals surface area contributed by atoms with Gasteiger partial charge in [-0.25, -0.2) is 9.59 Å². The van der Waals surface area contributed by atoms with Gasteiger partial charge in [0.25, 0.3) is 5.91 Å². The minimum Gasteiger partial charge on any atom is -0.489 e. The molecule has 0 radical (unpaired) electrons. The summed E-state index contributed by atoms with van der Waals surface area (Å²) in [6, 6.07) is 28.9. The van der Waals surface area contributed by atoms with Crippen LogP contribution < -0.4 is 19.1 Å². The van der Waals surface area contributed by atoms with Crippen LogP contribution in [0.4, 0.5) is 19.3 Å². The average molecular weight is 1000 g/mol. The number of rotatable bonds is 19. The minimum absolute atomic E-state index is 0.101. The average Bonchev–Trinajstić information content (AvgIpc) is 4.07. The number of benzene rings is 4. The van der Waals surface area contributed by atoms with Crippen molar-refractivity contribution in [2.75, 3.05) is 50.0 Å². The van der Waals surface area contributed by atoms with E-state index in [2.05, 4.69) is 9.88 Å². The summed E-state index contributed by atoms with van der Waals surface area (Å²) in [6.07, 6.45) is 6.81. The lowest BCUT2D eigenvalue weighted by Crippen LogP contribution is -2.53. The van der Waals surface area contributed by atoms with E-state index in [0.717, 1.165) is 62.1 Å². The molecule has 69 heavy (non-hydrogen) atoms. The lowest BCUT2D eigenvalue weighted by molar-refractivity contribution is -0.146. The minimum atomic E-state index is -3.05. The Morgan fingerprint density at radius 2 is 1.55 bits per heavy atom. The van der Waals surface area contributed by atoms with Crippen LogP contribution in [0.15, 0.2) is 109 Å². The number of alkyl halides is 2. The van der Waals surface area contributed by atoms with Crippen molar-refractivity contribution in [3.05, 3.63) is 147 Å². The SMILES string of the molecule is O=C(OC[C@@H](Cc1c(Cl)cncc1Cl)c1ccc(OC(F)F)c(OCC2CC2)c1)[C@@H]1SCCN1C(=O)c1ccc(COc2ccc(CN(C(=O)O[C@H]3CN4CCC3CC4)c3ccccc3)cc2)cc1. The molecule has 12 nitrogen and oxygen atoms in total. The fraction of sp³-hybridized carbons (Fsp3) is 0.385. The number of nitrogens with zero attached hydrogens (tertiary/aromatic N) is 4. The molecule has 2 bridgehead atoms. The third kappa shape index (κ3) is 12.4. The van der Waals surface area contributed by atoms with Gasteiger partial charge in [-0.2, -0.15) is 8.78 Å². The number of anilines is 1. The zero-order valence-corrected chi connectivity index (χ0v) is 40.1. The maximum Gasteiger partial charge on any atom is 0.414 e. The van der Waals surface area contributed by atoms with Crippen LogP contribution in [0, 0.1) is 11.8 Å². The van der Waals surface area contributed by atoms with E-state index < -0.39 is 23.9 Å². The Kier molecular flexibility index (Phi) is 15.7. The molecular formula is C52H52Cl2F2N4O8S. The molecule has 5 aliphatic rings. The van der Waals surface area contributed by atoms with Crippen LogP contribution in [-0.4, -0.2) is 96.0 Å². The van der Waals surface area contributed by atoms with Crippen LogP contribution in [0.2, 0.25) is 10.0 Å². The number of hydrogen-bond acceptors (Lipinski definition) is 11.